The number of sulfone groups is 1. The molecular formula is C5H9N3O2S. The van der Waals surface area contributed by atoms with Crippen molar-refractivity contribution in [2.45, 2.75) is 12.7 Å². The molecule has 0 amide bonds. The van der Waals surface area contributed by atoms with Gasteiger partial charge in [-0.3, -0.25) is 5.10 Å². The Morgan fingerprint density at radius 2 is 2.18 bits per heavy atom. The van der Waals surface area contributed by atoms with E-state index < -0.39 is 9.84 Å². The first kappa shape index (κ1) is 8.19. The number of aromatic amines is 1. The Hall–Kier alpha value is -0.910. The van der Waals surface area contributed by atoms with Crippen LogP contribution in [0.3, 0.4) is 0 Å². The molecule has 1 rings (SSSR count). The molecule has 0 aliphatic carbocycles. The Balaban J connectivity index is 2.81. The van der Waals surface area contributed by atoms with Crippen molar-refractivity contribution in [3.05, 3.63) is 11.6 Å². The minimum Gasteiger partial charge on any atom is -0.263 e. The zero-order valence-corrected chi connectivity index (χ0v) is 7.14. The average Bonchev–Trinajstić information content (AvgIpc) is 2.10. The van der Waals surface area contributed by atoms with Crippen molar-refractivity contribution in [1.29, 1.82) is 0 Å². The molecule has 5 nitrogen and oxygen atoms in total. The number of hydrogen-bond acceptors (Lipinski definition) is 4. The highest BCUT2D eigenvalue weighted by molar-refractivity contribution is 7.89. The molecular weight excluding hydrogens is 166 g/mol. The predicted molar refractivity (Wildman–Crippen MR) is 39.7 cm³/mol. The van der Waals surface area contributed by atoms with Crippen LogP contribution in [-0.4, -0.2) is 29.9 Å². The summed E-state index contributed by atoms with van der Waals surface area (Å²) in [6.45, 7) is 1.72. The molecule has 0 aliphatic heterocycles. The van der Waals surface area contributed by atoms with E-state index in [1.54, 1.807) is 6.92 Å². The largest absolute Gasteiger partial charge is 0.263 e. The van der Waals surface area contributed by atoms with E-state index in [0.29, 0.717) is 11.6 Å². The van der Waals surface area contributed by atoms with Crippen LogP contribution >= 0.6 is 0 Å². The van der Waals surface area contributed by atoms with Crippen molar-refractivity contribution < 1.29 is 8.42 Å². The molecule has 62 valence electrons. The van der Waals surface area contributed by atoms with Gasteiger partial charge in [0.2, 0.25) is 0 Å². The van der Waals surface area contributed by atoms with Crippen LogP contribution in [0.5, 0.6) is 0 Å². The first-order valence-electron chi connectivity index (χ1n) is 3.03. The van der Waals surface area contributed by atoms with E-state index in [9.17, 15) is 8.42 Å². The van der Waals surface area contributed by atoms with E-state index in [2.05, 4.69) is 15.2 Å². The summed E-state index contributed by atoms with van der Waals surface area (Å²) < 4.78 is 21.4. The van der Waals surface area contributed by atoms with Gasteiger partial charge in [0.05, 0.1) is 0 Å². The summed E-state index contributed by atoms with van der Waals surface area (Å²) in [5, 5.41) is 6.25. The van der Waals surface area contributed by atoms with Gasteiger partial charge in [0.1, 0.15) is 11.6 Å². The molecule has 0 saturated carbocycles. The van der Waals surface area contributed by atoms with Gasteiger partial charge >= 0.3 is 0 Å². The molecule has 0 radical (unpaired) electrons. The smallest absolute Gasteiger partial charge is 0.165 e. The summed E-state index contributed by atoms with van der Waals surface area (Å²) >= 11 is 0. The lowest BCUT2D eigenvalue weighted by Crippen LogP contribution is -2.02. The predicted octanol–water partition coefficient (Wildman–Crippen LogP) is -0.342. The summed E-state index contributed by atoms with van der Waals surface area (Å²) in [7, 11) is -3.01. The second kappa shape index (κ2) is 2.61. The molecule has 11 heavy (non-hydrogen) atoms. The van der Waals surface area contributed by atoms with Crippen LogP contribution in [0.25, 0.3) is 0 Å². The van der Waals surface area contributed by atoms with E-state index in [4.69, 9.17) is 0 Å². The van der Waals surface area contributed by atoms with Crippen LogP contribution in [0.4, 0.5) is 0 Å². The maximum Gasteiger partial charge on any atom is 0.165 e. The number of rotatable bonds is 2. The van der Waals surface area contributed by atoms with Crippen LogP contribution in [0.1, 0.15) is 11.6 Å². The van der Waals surface area contributed by atoms with Crippen LogP contribution in [0.2, 0.25) is 0 Å². The monoisotopic (exact) mass is 175 g/mol. The van der Waals surface area contributed by atoms with Crippen molar-refractivity contribution in [3.8, 4) is 0 Å². The topological polar surface area (TPSA) is 75.7 Å². The summed E-state index contributed by atoms with van der Waals surface area (Å²) in [6, 6.07) is 0. The summed E-state index contributed by atoms with van der Waals surface area (Å²) in [6.07, 6.45) is 1.15. The lowest BCUT2D eigenvalue weighted by molar-refractivity contribution is 0.599. The van der Waals surface area contributed by atoms with Gasteiger partial charge in [-0.1, -0.05) is 0 Å². The third-order valence-electron chi connectivity index (χ3n) is 1.03. The van der Waals surface area contributed by atoms with Gasteiger partial charge in [0, 0.05) is 6.26 Å². The number of aryl methyl sites for hydroxylation is 1. The van der Waals surface area contributed by atoms with Gasteiger partial charge < -0.3 is 0 Å². The molecule has 1 heterocycles. The fourth-order valence-corrected chi connectivity index (χ4v) is 1.29. The van der Waals surface area contributed by atoms with Crippen molar-refractivity contribution in [1.82, 2.24) is 15.2 Å². The van der Waals surface area contributed by atoms with Crippen molar-refractivity contribution in [2.75, 3.05) is 6.26 Å². The molecule has 0 saturated heterocycles. The lowest BCUT2D eigenvalue weighted by Gasteiger charge is -1.88. The zero-order valence-electron chi connectivity index (χ0n) is 6.33. The summed E-state index contributed by atoms with van der Waals surface area (Å²) in [4.78, 5) is 3.85. The number of aromatic nitrogens is 3. The lowest BCUT2D eigenvalue weighted by atomic mass is 10.7. The standard InChI is InChI=1S/C5H9N3O2S/c1-4-6-5(8-7-4)3-11(2,9)10/h3H2,1-2H3,(H,6,7,8). The molecule has 0 atom stereocenters. The Bertz CT molecular complexity index is 340. The molecule has 1 aromatic rings. The van der Waals surface area contributed by atoms with Crippen LogP contribution in [-0.2, 0) is 15.6 Å². The van der Waals surface area contributed by atoms with E-state index in [1.807, 2.05) is 0 Å². The molecule has 0 spiro atoms. The molecule has 0 aliphatic rings. The first-order chi connectivity index (χ1) is 4.97. The highest BCUT2D eigenvalue weighted by Gasteiger charge is 2.07. The maximum absolute atomic E-state index is 10.7. The minimum atomic E-state index is -3.01. The number of hydrogen-bond donors (Lipinski definition) is 1. The van der Waals surface area contributed by atoms with Crippen LogP contribution < -0.4 is 0 Å². The van der Waals surface area contributed by atoms with Gasteiger partial charge in [-0.15, -0.1) is 0 Å². The Kier molecular flexibility index (Phi) is 1.95. The Morgan fingerprint density at radius 3 is 2.55 bits per heavy atom. The third-order valence-corrected chi connectivity index (χ3v) is 1.82. The maximum atomic E-state index is 10.7. The van der Waals surface area contributed by atoms with Gasteiger partial charge in [-0.05, 0) is 6.92 Å². The van der Waals surface area contributed by atoms with Crippen molar-refractivity contribution in [3.63, 3.8) is 0 Å². The van der Waals surface area contributed by atoms with E-state index >= 15 is 0 Å². The Morgan fingerprint density at radius 1 is 1.55 bits per heavy atom. The quantitative estimate of drug-likeness (QED) is 0.667. The average molecular weight is 175 g/mol. The molecule has 0 bridgehead atoms. The third kappa shape index (κ3) is 2.67. The zero-order chi connectivity index (χ0) is 8.48. The molecule has 0 unspecified atom stereocenters. The molecule has 0 fully saturated rings. The van der Waals surface area contributed by atoms with Crippen LogP contribution in [0.15, 0.2) is 0 Å². The molecule has 1 N–H and O–H groups in total. The normalized spacial score (nSPS) is 11.8. The van der Waals surface area contributed by atoms with Gasteiger partial charge in [0.25, 0.3) is 0 Å². The first-order valence-corrected chi connectivity index (χ1v) is 5.09. The van der Waals surface area contributed by atoms with Gasteiger partial charge in [-0.25, -0.2) is 13.4 Å². The van der Waals surface area contributed by atoms with E-state index in [-0.39, 0.29) is 5.75 Å². The highest BCUT2D eigenvalue weighted by Crippen LogP contribution is 1.96. The van der Waals surface area contributed by atoms with Crippen molar-refractivity contribution in [2.24, 2.45) is 0 Å². The summed E-state index contributed by atoms with van der Waals surface area (Å²) in [5.74, 6) is 0.853. The Labute approximate surface area is 64.8 Å². The van der Waals surface area contributed by atoms with E-state index in [0.717, 1.165) is 6.26 Å². The molecule has 6 heteroatoms. The van der Waals surface area contributed by atoms with E-state index in [1.165, 1.54) is 0 Å². The summed E-state index contributed by atoms with van der Waals surface area (Å²) in [5.41, 5.74) is 0. The second-order valence-electron chi connectivity index (χ2n) is 2.41. The van der Waals surface area contributed by atoms with Crippen LogP contribution in [0, 0.1) is 6.92 Å². The number of nitrogens with one attached hydrogen (secondary N) is 1. The molecule has 1 aromatic heterocycles. The van der Waals surface area contributed by atoms with Crippen molar-refractivity contribution >= 4 is 9.84 Å². The number of H-pyrrole nitrogens is 1. The van der Waals surface area contributed by atoms with Gasteiger partial charge in [-0.2, -0.15) is 5.10 Å². The SMILES string of the molecule is Cc1nc(CS(C)(=O)=O)n[nH]1. The fraction of sp³-hybridized carbons (Fsp3) is 0.600. The minimum absolute atomic E-state index is 0.0999. The fourth-order valence-electron chi connectivity index (χ4n) is 0.688. The number of nitrogens with zero attached hydrogens (tertiary/aromatic N) is 2. The molecule has 0 aromatic carbocycles. The second-order valence-corrected chi connectivity index (χ2v) is 4.55. The van der Waals surface area contributed by atoms with Gasteiger partial charge in [0.15, 0.2) is 15.7 Å². The highest BCUT2D eigenvalue weighted by atomic mass is 32.2.